The Kier molecular flexibility index (Phi) is 3.13. The van der Waals surface area contributed by atoms with Crippen LogP contribution in [0, 0.1) is 20.8 Å². The van der Waals surface area contributed by atoms with E-state index < -0.39 is 0 Å². The Morgan fingerprint density at radius 2 is 1.84 bits per heavy atom. The van der Waals surface area contributed by atoms with Gasteiger partial charge in [-0.2, -0.15) is 0 Å². The maximum atomic E-state index is 4.59. The van der Waals surface area contributed by atoms with Crippen LogP contribution in [0.15, 0.2) is 22.8 Å². The number of rotatable bonds is 3. The zero-order valence-corrected chi connectivity index (χ0v) is 13.1. The van der Waals surface area contributed by atoms with Gasteiger partial charge >= 0.3 is 0 Å². The second kappa shape index (κ2) is 4.67. The molecule has 19 heavy (non-hydrogen) atoms. The highest BCUT2D eigenvalue weighted by atomic mass is 79.9. The molecular weight excluding hydrogens is 302 g/mol. The van der Waals surface area contributed by atoms with Gasteiger partial charge in [-0.1, -0.05) is 15.9 Å². The lowest BCUT2D eigenvalue weighted by Crippen LogP contribution is -2.02. The summed E-state index contributed by atoms with van der Waals surface area (Å²) in [6, 6.07) is 4.94. The highest BCUT2D eigenvalue weighted by molar-refractivity contribution is 9.10. The molecule has 1 saturated carbocycles. The van der Waals surface area contributed by atoms with Crippen LogP contribution in [0.1, 0.15) is 35.7 Å². The lowest BCUT2D eigenvalue weighted by Gasteiger charge is -2.11. The molecule has 0 aliphatic heterocycles. The van der Waals surface area contributed by atoms with Crippen LogP contribution in [0.5, 0.6) is 0 Å². The molecule has 1 N–H and O–H groups in total. The van der Waals surface area contributed by atoms with E-state index in [0.717, 1.165) is 17.3 Å². The smallest absolute Gasteiger partial charge is 0.207 e. The second-order valence-corrected chi connectivity index (χ2v) is 6.19. The van der Waals surface area contributed by atoms with E-state index in [-0.39, 0.29) is 0 Å². The molecule has 0 radical (unpaired) electrons. The SMILES string of the molecule is Cc1cn(C2CC2)c(Nc2cc(C)c(Br)c(C)c2)n1. The van der Waals surface area contributed by atoms with Crippen LogP contribution in [0.3, 0.4) is 0 Å². The number of anilines is 2. The van der Waals surface area contributed by atoms with E-state index in [1.807, 2.05) is 6.92 Å². The van der Waals surface area contributed by atoms with Crippen LogP contribution in [-0.4, -0.2) is 9.55 Å². The molecule has 0 bridgehead atoms. The Labute approximate surface area is 122 Å². The van der Waals surface area contributed by atoms with Crippen molar-refractivity contribution in [2.24, 2.45) is 0 Å². The van der Waals surface area contributed by atoms with Crippen LogP contribution >= 0.6 is 15.9 Å². The number of halogens is 1. The minimum Gasteiger partial charge on any atom is -0.326 e. The number of hydrogen-bond acceptors (Lipinski definition) is 2. The van der Waals surface area contributed by atoms with Gasteiger partial charge in [-0.25, -0.2) is 4.98 Å². The summed E-state index contributed by atoms with van der Waals surface area (Å²) in [6.07, 6.45) is 4.67. The molecule has 1 fully saturated rings. The van der Waals surface area contributed by atoms with Gasteiger partial charge in [0.15, 0.2) is 0 Å². The molecule has 100 valence electrons. The Morgan fingerprint density at radius 3 is 2.42 bits per heavy atom. The first-order valence-electron chi connectivity index (χ1n) is 6.64. The Hall–Kier alpha value is -1.29. The Bertz CT molecular complexity index is 603. The summed E-state index contributed by atoms with van der Waals surface area (Å²) < 4.78 is 3.45. The second-order valence-electron chi connectivity index (χ2n) is 5.39. The average molecular weight is 320 g/mol. The first-order chi connectivity index (χ1) is 9.04. The molecule has 1 aliphatic rings. The van der Waals surface area contributed by atoms with Gasteiger partial charge < -0.3 is 9.88 Å². The van der Waals surface area contributed by atoms with E-state index in [1.165, 1.54) is 28.4 Å². The topological polar surface area (TPSA) is 29.9 Å². The monoisotopic (exact) mass is 319 g/mol. The number of aromatic nitrogens is 2. The van der Waals surface area contributed by atoms with Crippen LogP contribution < -0.4 is 5.32 Å². The van der Waals surface area contributed by atoms with Crippen molar-refractivity contribution in [3.05, 3.63) is 39.6 Å². The van der Waals surface area contributed by atoms with Gasteiger partial charge in [0.1, 0.15) is 0 Å². The number of imidazole rings is 1. The first-order valence-corrected chi connectivity index (χ1v) is 7.43. The summed E-state index contributed by atoms with van der Waals surface area (Å²) in [5, 5.41) is 3.45. The minimum absolute atomic E-state index is 0.640. The highest BCUT2D eigenvalue weighted by Gasteiger charge is 2.26. The van der Waals surface area contributed by atoms with E-state index in [9.17, 15) is 0 Å². The van der Waals surface area contributed by atoms with E-state index in [1.54, 1.807) is 0 Å². The van der Waals surface area contributed by atoms with Crippen molar-refractivity contribution in [1.29, 1.82) is 0 Å². The molecule has 1 aliphatic carbocycles. The molecule has 0 amide bonds. The molecule has 1 heterocycles. The zero-order chi connectivity index (χ0) is 13.6. The maximum absolute atomic E-state index is 4.59. The molecule has 0 saturated heterocycles. The van der Waals surface area contributed by atoms with Gasteiger partial charge in [-0.15, -0.1) is 0 Å². The molecule has 1 aromatic carbocycles. The number of nitrogens with one attached hydrogen (secondary N) is 1. The molecule has 3 rings (SSSR count). The fourth-order valence-corrected chi connectivity index (χ4v) is 2.62. The highest BCUT2D eigenvalue weighted by Crippen LogP contribution is 2.38. The number of hydrogen-bond donors (Lipinski definition) is 1. The van der Waals surface area contributed by atoms with E-state index in [4.69, 9.17) is 0 Å². The van der Waals surface area contributed by atoms with Crippen LogP contribution in [-0.2, 0) is 0 Å². The van der Waals surface area contributed by atoms with Crippen LogP contribution in [0.2, 0.25) is 0 Å². The summed E-state index contributed by atoms with van der Waals surface area (Å²) in [4.78, 5) is 4.59. The fraction of sp³-hybridized carbons (Fsp3) is 0.400. The van der Waals surface area contributed by atoms with Gasteiger partial charge in [0.05, 0.1) is 5.69 Å². The average Bonchev–Trinajstić information content (AvgIpc) is 3.11. The third kappa shape index (κ3) is 2.54. The van der Waals surface area contributed by atoms with E-state index in [0.29, 0.717) is 6.04 Å². The molecule has 0 unspecified atom stereocenters. The van der Waals surface area contributed by atoms with E-state index in [2.05, 4.69) is 63.0 Å². The van der Waals surface area contributed by atoms with Crippen molar-refractivity contribution in [2.45, 2.75) is 39.7 Å². The number of nitrogens with zero attached hydrogens (tertiary/aromatic N) is 2. The molecule has 0 spiro atoms. The van der Waals surface area contributed by atoms with Gasteiger partial charge in [0.2, 0.25) is 5.95 Å². The molecule has 0 atom stereocenters. The van der Waals surface area contributed by atoms with Crippen molar-refractivity contribution >= 4 is 27.6 Å². The van der Waals surface area contributed by atoms with Gasteiger partial charge in [-0.05, 0) is 56.9 Å². The minimum atomic E-state index is 0.640. The summed E-state index contributed by atoms with van der Waals surface area (Å²) >= 11 is 3.60. The van der Waals surface area contributed by atoms with Gasteiger partial charge in [0, 0.05) is 22.4 Å². The Balaban J connectivity index is 1.93. The zero-order valence-electron chi connectivity index (χ0n) is 11.5. The summed E-state index contributed by atoms with van der Waals surface area (Å²) in [5.74, 6) is 0.959. The first kappa shape index (κ1) is 12.7. The third-order valence-corrected chi connectivity index (χ3v) is 4.74. The van der Waals surface area contributed by atoms with Crippen molar-refractivity contribution in [1.82, 2.24) is 9.55 Å². The fourth-order valence-electron chi connectivity index (χ4n) is 2.39. The van der Waals surface area contributed by atoms with E-state index >= 15 is 0 Å². The largest absolute Gasteiger partial charge is 0.326 e. The molecule has 1 aromatic heterocycles. The van der Waals surface area contributed by atoms with Gasteiger partial charge in [-0.3, -0.25) is 0 Å². The normalized spacial score (nSPS) is 14.7. The predicted molar refractivity (Wildman–Crippen MR) is 82.1 cm³/mol. The lowest BCUT2D eigenvalue weighted by molar-refractivity contribution is 0.750. The summed E-state index contributed by atoms with van der Waals surface area (Å²) in [6.45, 7) is 6.27. The standard InChI is InChI=1S/C15H18BrN3/c1-9-6-12(7-10(2)14(9)16)18-15-17-11(3)8-19(15)13-4-5-13/h6-8,13H,4-5H2,1-3H3,(H,17,18). The van der Waals surface area contributed by atoms with Crippen molar-refractivity contribution in [3.63, 3.8) is 0 Å². The van der Waals surface area contributed by atoms with Crippen LogP contribution in [0.25, 0.3) is 0 Å². The Morgan fingerprint density at radius 1 is 1.21 bits per heavy atom. The van der Waals surface area contributed by atoms with Crippen molar-refractivity contribution in [2.75, 3.05) is 5.32 Å². The van der Waals surface area contributed by atoms with Gasteiger partial charge in [0.25, 0.3) is 0 Å². The quantitative estimate of drug-likeness (QED) is 0.892. The summed E-state index contributed by atoms with van der Waals surface area (Å²) in [5.41, 5.74) is 4.65. The predicted octanol–water partition coefficient (Wildman–Crippen LogP) is 4.65. The third-order valence-electron chi connectivity index (χ3n) is 3.49. The molecule has 4 heteroatoms. The molecular formula is C15H18BrN3. The van der Waals surface area contributed by atoms with Crippen LogP contribution in [0.4, 0.5) is 11.6 Å². The summed E-state index contributed by atoms with van der Waals surface area (Å²) in [7, 11) is 0. The maximum Gasteiger partial charge on any atom is 0.207 e. The molecule has 3 nitrogen and oxygen atoms in total. The lowest BCUT2D eigenvalue weighted by atomic mass is 10.1. The number of aryl methyl sites for hydroxylation is 3. The number of benzene rings is 1. The van der Waals surface area contributed by atoms with Crippen molar-refractivity contribution < 1.29 is 0 Å². The van der Waals surface area contributed by atoms with Crippen molar-refractivity contribution in [3.8, 4) is 0 Å². The molecule has 2 aromatic rings.